The van der Waals surface area contributed by atoms with Crippen molar-refractivity contribution in [1.82, 2.24) is 4.57 Å². The Hall–Kier alpha value is -0.480. The molecule has 0 N–H and O–H groups in total. The van der Waals surface area contributed by atoms with Gasteiger partial charge in [-0.2, -0.15) is 0 Å². The summed E-state index contributed by atoms with van der Waals surface area (Å²) in [4.78, 5) is 12.0. The number of pyridine rings is 1. The van der Waals surface area contributed by atoms with E-state index in [9.17, 15) is 4.79 Å². The second-order valence-electron chi connectivity index (χ2n) is 4.12. The summed E-state index contributed by atoms with van der Waals surface area (Å²) in [5.74, 6) is 0. The molecule has 0 bridgehead atoms. The van der Waals surface area contributed by atoms with Crippen LogP contribution in [-0.2, 0) is 6.54 Å². The van der Waals surface area contributed by atoms with Gasteiger partial charge in [-0.3, -0.25) is 4.79 Å². The Balaban J connectivity index is 2.54. The van der Waals surface area contributed by atoms with Crippen molar-refractivity contribution in [2.45, 2.75) is 13.5 Å². The van der Waals surface area contributed by atoms with Gasteiger partial charge in [0.25, 0.3) is 5.56 Å². The molecule has 6 heteroatoms. The summed E-state index contributed by atoms with van der Waals surface area (Å²) in [5.41, 5.74) is 1.45. The summed E-state index contributed by atoms with van der Waals surface area (Å²) in [6.45, 7) is 2.18. The molecule has 0 amide bonds. The van der Waals surface area contributed by atoms with E-state index in [1.807, 2.05) is 6.92 Å². The maximum atomic E-state index is 12.0. The van der Waals surface area contributed by atoms with Gasteiger partial charge in [-0.1, -0.05) is 34.8 Å². The first-order valence-electron chi connectivity index (χ1n) is 5.39. The van der Waals surface area contributed by atoms with Crippen molar-refractivity contribution < 1.29 is 0 Å². The molecule has 0 aliphatic heterocycles. The van der Waals surface area contributed by atoms with E-state index < -0.39 is 0 Å². The van der Waals surface area contributed by atoms with Crippen LogP contribution < -0.4 is 5.56 Å². The Kier molecular flexibility index (Phi) is 4.62. The summed E-state index contributed by atoms with van der Waals surface area (Å²) >= 11 is 21.5. The highest BCUT2D eigenvalue weighted by Crippen LogP contribution is 2.31. The molecule has 1 aromatic heterocycles. The molecule has 0 spiro atoms. The van der Waals surface area contributed by atoms with Gasteiger partial charge in [-0.15, -0.1) is 0 Å². The summed E-state index contributed by atoms with van der Waals surface area (Å²) in [5, 5.41) is 1.28. The van der Waals surface area contributed by atoms with Gasteiger partial charge in [0.15, 0.2) is 0 Å². The lowest BCUT2D eigenvalue weighted by atomic mass is 10.2. The van der Waals surface area contributed by atoms with E-state index in [4.69, 9.17) is 34.8 Å². The van der Waals surface area contributed by atoms with Gasteiger partial charge in [0.1, 0.15) is 0 Å². The van der Waals surface area contributed by atoms with E-state index in [0.29, 0.717) is 25.1 Å². The van der Waals surface area contributed by atoms with Crippen LogP contribution >= 0.6 is 50.7 Å². The van der Waals surface area contributed by atoms with Crippen LogP contribution in [-0.4, -0.2) is 4.57 Å². The van der Waals surface area contributed by atoms with Gasteiger partial charge >= 0.3 is 0 Å². The van der Waals surface area contributed by atoms with E-state index in [1.54, 1.807) is 29.0 Å². The topological polar surface area (TPSA) is 22.0 Å². The molecule has 0 fully saturated rings. The standard InChI is InChI=1S/C13H9BrCl3NO/c1-7-4-9(14)13(19)18(5-7)6-8-10(15)2-3-11(16)12(8)17/h2-5H,6H2,1H3. The van der Waals surface area contributed by atoms with Crippen LogP contribution in [0, 0.1) is 6.92 Å². The Morgan fingerprint density at radius 2 is 1.84 bits per heavy atom. The van der Waals surface area contributed by atoms with Crippen molar-refractivity contribution in [1.29, 1.82) is 0 Å². The molecule has 2 nitrogen and oxygen atoms in total. The molecule has 0 aliphatic carbocycles. The number of aromatic nitrogens is 1. The Morgan fingerprint density at radius 1 is 1.21 bits per heavy atom. The molecule has 2 aromatic rings. The fourth-order valence-corrected chi connectivity index (χ4v) is 3.00. The van der Waals surface area contributed by atoms with Crippen molar-refractivity contribution >= 4 is 50.7 Å². The van der Waals surface area contributed by atoms with Crippen molar-refractivity contribution in [2.24, 2.45) is 0 Å². The minimum absolute atomic E-state index is 0.141. The summed E-state index contributed by atoms with van der Waals surface area (Å²) < 4.78 is 2.05. The van der Waals surface area contributed by atoms with E-state index in [0.717, 1.165) is 5.56 Å². The molecular weight excluding hydrogens is 372 g/mol. The lowest BCUT2D eigenvalue weighted by Gasteiger charge is -2.12. The molecule has 100 valence electrons. The molecular formula is C13H9BrCl3NO. The molecule has 0 radical (unpaired) electrons. The third kappa shape index (κ3) is 3.16. The Labute approximate surface area is 134 Å². The van der Waals surface area contributed by atoms with Crippen molar-refractivity contribution in [3.05, 3.63) is 65.4 Å². The smallest absolute Gasteiger partial charge is 0.265 e. The second kappa shape index (κ2) is 5.88. The summed E-state index contributed by atoms with van der Waals surface area (Å²) in [7, 11) is 0. The van der Waals surface area contributed by atoms with Gasteiger partial charge in [0.2, 0.25) is 0 Å². The average molecular weight is 381 g/mol. The van der Waals surface area contributed by atoms with Gasteiger partial charge in [-0.05, 0) is 46.6 Å². The lowest BCUT2D eigenvalue weighted by Crippen LogP contribution is -2.21. The number of rotatable bonds is 2. The van der Waals surface area contributed by atoms with Crippen LogP contribution in [0.5, 0.6) is 0 Å². The van der Waals surface area contributed by atoms with E-state index in [-0.39, 0.29) is 12.1 Å². The van der Waals surface area contributed by atoms with E-state index in [2.05, 4.69) is 15.9 Å². The minimum Gasteiger partial charge on any atom is -0.310 e. The molecule has 0 aliphatic rings. The lowest BCUT2D eigenvalue weighted by molar-refractivity contribution is 0.750. The number of hydrogen-bond acceptors (Lipinski definition) is 1. The quantitative estimate of drug-likeness (QED) is 0.676. The number of hydrogen-bond donors (Lipinski definition) is 0. The third-order valence-electron chi connectivity index (χ3n) is 2.65. The molecule has 1 heterocycles. The highest BCUT2D eigenvalue weighted by atomic mass is 79.9. The minimum atomic E-state index is -0.141. The van der Waals surface area contributed by atoms with Crippen molar-refractivity contribution in [3.63, 3.8) is 0 Å². The van der Waals surface area contributed by atoms with E-state index >= 15 is 0 Å². The highest BCUT2D eigenvalue weighted by Gasteiger charge is 2.12. The van der Waals surface area contributed by atoms with Gasteiger partial charge in [0.05, 0.1) is 21.1 Å². The van der Waals surface area contributed by atoms with Crippen LogP contribution in [0.15, 0.2) is 33.7 Å². The number of benzene rings is 1. The van der Waals surface area contributed by atoms with Crippen LogP contribution in [0.25, 0.3) is 0 Å². The zero-order valence-corrected chi connectivity index (χ0v) is 13.7. The zero-order valence-electron chi connectivity index (χ0n) is 9.88. The molecule has 0 saturated heterocycles. The fraction of sp³-hybridized carbons (Fsp3) is 0.154. The molecule has 0 atom stereocenters. The Morgan fingerprint density at radius 3 is 2.53 bits per heavy atom. The maximum absolute atomic E-state index is 12.0. The molecule has 19 heavy (non-hydrogen) atoms. The van der Waals surface area contributed by atoms with Crippen LogP contribution in [0.1, 0.15) is 11.1 Å². The molecule has 1 aromatic carbocycles. The van der Waals surface area contributed by atoms with Crippen molar-refractivity contribution in [3.8, 4) is 0 Å². The van der Waals surface area contributed by atoms with Crippen LogP contribution in [0.2, 0.25) is 15.1 Å². The highest BCUT2D eigenvalue weighted by molar-refractivity contribution is 9.10. The number of halogens is 4. The first kappa shape index (κ1) is 14.9. The summed E-state index contributed by atoms with van der Waals surface area (Å²) in [6, 6.07) is 5.06. The first-order valence-corrected chi connectivity index (χ1v) is 7.32. The number of nitrogens with zero attached hydrogens (tertiary/aromatic N) is 1. The Bertz CT molecular complexity index is 697. The largest absolute Gasteiger partial charge is 0.310 e. The fourth-order valence-electron chi connectivity index (χ4n) is 1.74. The van der Waals surface area contributed by atoms with Gasteiger partial charge in [0, 0.05) is 16.8 Å². The zero-order chi connectivity index (χ0) is 14.2. The monoisotopic (exact) mass is 379 g/mol. The normalized spacial score (nSPS) is 10.8. The third-order valence-corrected chi connectivity index (χ3v) is 4.41. The maximum Gasteiger partial charge on any atom is 0.265 e. The SMILES string of the molecule is Cc1cc(Br)c(=O)n(Cc2c(Cl)ccc(Cl)c2Cl)c1. The van der Waals surface area contributed by atoms with E-state index in [1.165, 1.54) is 0 Å². The average Bonchev–Trinajstić information content (AvgIpc) is 2.35. The number of aryl methyl sites for hydroxylation is 1. The van der Waals surface area contributed by atoms with Crippen LogP contribution in [0.3, 0.4) is 0 Å². The molecule has 0 unspecified atom stereocenters. The second-order valence-corrected chi connectivity index (χ2v) is 6.17. The van der Waals surface area contributed by atoms with Gasteiger partial charge < -0.3 is 4.57 Å². The van der Waals surface area contributed by atoms with Crippen molar-refractivity contribution in [2.75, 3.05) is 0 Å². The molecule has 2 rings (SSSR count). The predicted molar refractivity (Wildman–Crippen MR) is 83.7 cm³/mol. The van der Waals surface area contributed by atoms with Crippen LogP contribution in [0.4, 0.5) is 0 Å². The predicted octanol–water partition coefficient (Wildman–Crippen LogP) is 4.93. The molecule has 0 saturated carbocycles. The summed E-state index contributed by atoms with van der Waals surface area (Å²) in [6.07, 6.45) is 1.75. The first-order chi connectivity index (χ1) is 8.90. The van der Waals surface area contributed by atoms with Gasteiger partial charge in [-0.25, -0.2) is 0 Å².